The molecule has 1 aliphatic heterocycles. The van der Waals surface area contributed by atoms with Crippen molar-refractivity contribution in [1.29, 1.82) is 0 Å². The number of fused-ring (bicyclic) bond motifs is 1. The van der Waals surface area contributed by atoms with Gasteiger partial charge in [-0.25, -0.2) is 4.39 Å². The summed E-state index contributed by atoms with van der Waals surface area (Å²) < 4.78 is 17.6. The Hall–Kier alpha value is -0.150. The van der Waals surface area contributed by atoms with Gasteiger partial charge in [0.1, 0.15) is 6.17 Å². The molecule has 52 valence electrons. The zero-order valence-corrected chi connectivity index (χ0v) is 5.14. The molecule has 1 aliphatic carbocycles. The average Bonchev–Trinajstić information content (AvgIpc) is 2.51. The number of halogens is 1. The maximum absolute atomic E-state index is 12.5. The van der Waals surface area contributed by atoms with Crippen molar-refractivity contribution in [2.45, 2.75) is 12.2 Å². The summed E-state index contributed by atoms with van der Waals surface area (Å²) in [5.41, 5.74) is 0. The highest BCUT2D eigenvalue weighted by Gasteiger charge is 2.51. The molecular formula is C6H10FNO. The molecule has 9 heavy (non-hydrogen) atoms. The van der Waals surface area contributed by atoms with E-state index in [0.717, 1.165) is 13.2 Å². The first-order chi connectivity index (χ1) is 4.39. The molecule has 0 spiro atoms. The molecule has 0 aromatic heterocycles. The normalized spacial score (nSPS) is 49.7. The third-order valence-electron chi connectivity index (χ3n) is 2.01. The van der Waals surface area contributed by atoms with Gasteiger partial charge in [-0.2, -0.15) is 0 Å². The molecule has 2 fully saturated rings. The van der Waals surface area contributed by atoms with Crippen molar-refractivity contribution < 1.29 is 9.13 Å². The van der Waals surface area contributed by atoms with Gasteiger partial charge < -0.3 is 10.1 Å². The first-order valence-corrected chi connectivity index (χ1v) is 3.35. The molecule has 1 unspecified atom stereocenters. The number of ether oxygens (including phenoxy) is 1. The molecule has 3 heteroatoms. The van der Waals surface area contributed by atoms with E-state index >= 15 is 0 Å². The molecule has 2 rings (SSSR count). The van der Waals surface area contributed by atoms with Crippen LogP contribution in [0.2, 0.25) is 0 Å². The van der Waals surface area contributed by atoms with Crippen LogP contribution in [-0.4, -0.2) is 32.0 Å². The van der Waals surface area contributed by atoms with Crippen molar-refractivity contribution in [2.75, 3.05) is 19.8 Å². The molecule has 2 aliphatic rings. The summed E-state index contributed by atoms with van der Waals surface area (Å²) in [6.07, 6.45) is -0.634. The minimum absolute atomic E-state index is 0.118. The summed E-state index contributed by atoms with van der Waals surface area (Å²) in [5, 5.41) is 3.07. The lowest BCUT2D eigenvalue weighted by atomic mass is 10.4. The number of rotatable bonds is 0. The Bertz CT molecular complexity index is 108. The molecule has 2 nitrogen and oxygen atoms in total. The Labute approximate surface area is 53.4 Å². The molecule has 1 N–H and O–H groups in total. The number of hydrogen-bond acceptors (Lipinski definition) is 2. The summed E-state index contributed by atoms with van der Waals surface area (Å²) in [7, 11) is 0. The number of hydrogen-bond donors (Lipinski definition) is 1. The van der Waals surface area contributed by atoms with E-state index in [2.05, 4.69) is 5.32 Å². The summed E-state index contributed by atoms with van der Waals surface area (Å²) >= 11 is 0. The van der Waals surface area contributed by atoms with Gasteiger partial charge in [0.2, 0.25) is 0 Å². The Morgan fingerprint density at radius 3 is 3.33 bits per heavy atom. The van der Waals surface area contributed by atoms with Gasteiger partial charge in [-0.3, -0.25) is 0 Å². The highest BCUT2D eigenvalue weighted by molar-refractivity contribution is 5.04. The lowest BCUT2D eigenvalue weighted by Gasteiger charge is -1.98. The smallest absolute Gasteiger partial charge is 0.122 e. The summed E-state index contributed by atoms with van der Waals surface area (Å²) in [4.78, 5) is 0. The van der Waals surface area contributed by atoms with Crippen LogP contribution >= 0.6 is 0 Å². The van der Waals surface area contributed by atoms with Crippen molar-refractivity contribution in [3.05, 3.63) is 0 Å². The molecule has 3 atom stereocenters. The van der Waals surface area contributed by atoms with E-state index in [1.54, 1.807) is 0 Å². The van der Waals surface area contributed by atoms with E-state index in [1.165, 1.54) is 0 Å². The summed E-state index contributed by atoms with van der Waals surface area (Å²) in [6, 6.07) is 0.118. The van der Waals surface area contributed by atoms with Crippen LogP contribution in [0.3, 0.4) is 0 Å². The first kappa shape index (κ1) is 5.62. The van der Waals surface area contributed by atoms with Crippen molar-refractivity contribution in [1.82, 2.24) is 5.32 Å². The Morgan fingerprint density at radius 1 is 1.56 bits per heavy atom. The Morgan fingerprint density at radius 2 is 2.44 bits per heavy atom. The van der Waals surface area contributed by atoms with E-state index in [9.17, 15) is 4.39 Å². The van der Waals surface area contributed by atoms with Crippen LogP contribution in [0.4, 0.5) is 4.39 Å². The van der Waals surface area contributed by atoms with Crippen LogP contribution < -0.4 is 5.32 Å². The molecule has 0 aromatic carbocycles. The third-order valence-corrected chi connectivity index (χ3v) is 2.01. The monoisotopic (exact) mass is 131 g/mol. The Kier molecular flexibility index (Phi) is 1.20. The van der Waals surface area contributed by atoms with Crippen LogP contribution in [0.25, 0.3) is 0 Å². The predicted octanol–water partition coefficient (Wildman–Crippen LogP) is -0.0573. The van der Waals surface area contributed by atoms with Crippen molar-refractivity contribution >= 4 is 0 Å². The zero-order chi connectivity index (χ0) is 6.27. The van der Waals surface area contributed by atoms with Gasteiger partial charge in [0.05, 0.1) is 13.2 Å². The van der Waals surface area contributed by atoms with Crippen LogP contribution in [0.1, 0.15) is 0 Å². The average molecular weight is 131 g/mol. The van der Waals surface area contributed by atoms with Crippen molar-refractivity contribution in [2.24, 2.45) is 5.92 Å². The van der Waals surface area contributed by atoms with Gasteiger partial charge in [0.25, 0.3) is 0 Å². The summed E-state index contributed by atoms with van der Waals surface area (Å²) in [5.74, 6) is 0.160. The highest BCUT2D eigenvalue weighted by Crippen LogP contribution is 2.35. The quantitative estimate of drug-likeness (QED) is 0.497. The largest absolute Gasteiger partial charge is 0.380 e. The number of nitrogens with one attached hydrogen (secondary N) is 1. The molecular weight excluding hydrogens is 121 g/mol. The predicted molar refractivity (Wildman–Crippen MR) is 31.0 cm³/mol. The molecule has 1 saturated carbocycles. The molecule has 0 radical (unpaired) electrons. The molecule has 0 bridgehead atoms. The minimum Gasteiger partial charge on any atom is -0.380 e. The number of alkyl halides is 1. The van der Waals surface area contributed by atoms with E-state index < -0.39 is 6.17 Å². The van der Waals surface area contributed by atoms with Crippen molar-refractivity contribution in [3.63, 3.8) is 0 Å². The fourth-order valence-corrected chi connectivity index (χ4v) is 1.31. The molecule has 1 saturated heterocycles. The standard InChI is InChI=1S/C6H10FNO/c7-5-4-3-9-2-1-8-6(4)5/h4-6,8H,1-3H2/t4?,5-,6+/m1/s1. The Balaban J connectivity index is 1.93. The minimum atomic E-state index is -0.634. The molecule has 0 aromatic rings. The molecule has 1 heterocycles. The third kappa shape index (κ3) is 0.843. The van der Waals surface area contributed by atoms with Gasteiger partial charge in [0, 0.05) is 18.5 Å². The van der Waals surface area contributed by atoms with Crippen LogP contribution in [-0.2, 0) is 4.74 Å². The van der Waals surface area contributed by atoms with Gasteiger partial charge >= 0.3 is 0 Å². The molecule has 0 amide bonds. The van der Waals surface area contributed by atoms with Gasteiger partial charge in [-0.1, -0.05) is 0 Å². The zero-order valence-electron chi connectivity index (χ0n) is 5.14. The van der Waals surface area contributed by atoms with Crippen LogP contribution in [0.15, 0.2) is 0 Å². The topological polar surface area (TPSA) is 21.3 Å². The second-order valence-corrected chi connectivity index (χ2v) is 2.66. The fourth-order valence-electron chi connectivity index (χ4n) is 1.31. The maximum atomic E-state index is 12.5. The van der Waals surface area contributed by atoms with E-state index in [0.29, 0.717) is 6.61 Å². The highest BCUT2D eigenvalue weighted by atomic mass is 19.1. The van der Waals surface area contributed by atoms with E-state index in [4.69, 9.17) is 4.74 Å². The van der Waals surface area contributed by atoms with Gasteiger partial charge in [-0.05, 0) is 0 Å². The van der Waals surface area contributed by atoms with E-state index in [1.807, 2.05) is 0 Å². The lowest BCUT2D eigenvalue weighted by molar-refractivity contribution is 0.129. The summed E-state index contributed by atoms with van der Waals surface area (Å²) in [6.45, 7) is 2.15. The van der Waals surface area contributed by atoms with Gasteiger partial charge in [0.15, 0.2) is 0 Å². The maximum Gasteiger partial charge on any atom is 0.122 e. The van der Waals surface area contributed by atoms with Gasteiger partial charge in [-0.15, -0.1) is 0 Å². The lowest BCUT2D eigenvalue weighted by Crippen LogP contribution is -2.21. The van der Waals surface area contributed by atoms with Crippen LogP contribution in [0.5, 0.6) is 0 Å². The van der Waals surface area contributed by atoms with Crippen molar-refractivity contribution in [3.8, 4) is 0 Å². The van der Waals surface area contributed by atoms with E-state index in [-0.39, 0.29) is 12.0 Å². The van der Waals surface area contributed by atoms with Crippen LogP contribution in [0, 0.1) is 5.92 Å². The first-order valence-electron chi connectivity index (χ1n) is 3.35. The SMILES string of the molecule is F[C@@H]1C2COCCN[C@@H]21. The fraction of sp³-hybridized carbons (Fsp3) is 1.00. The second-order valence-electron chi connectivity index (χ2n) is 2.66. The second kappa shape index (κ2) is 1.92.